The molecule has 2 aliphatic heterocycles. The molecule has 9 rings (SSSR count). The van der Waals surface area contributed by atoms with E-state index >= 15 is 0 Å². The second kappa shape index (κ2) is 5.79. The lowest BCUT2D eigenvalue weighted by Gasteiger charge is -2.37. The van der Waals surface area contributed by atoms with Crippen LogP contribution in [0.25, 0.3) is 65.1 Å². The van der Waals surface area contributed by atoms with Gasteiger partial charge in [-0.15, -0.1) is 0 Å². The van der Waals surface area contributed by atoms with Crippen molar-refractivity contribution in [1.82, 2.24) is 0 Å². The Morgan fingerprint density at radius 2 is 1.34 bits per heavy atom. The summed E-state index contributed by atoms with van der Waals surface area (Å²) in [4.78, 5) is 2.57. The summed E-state index contributed by atoms with van der Waals surface area (Å²) in [7, 11) is 2.19. The van der Waals surface area contributed by atoms with Crippen LogP contribution in [0.2, 0.25) is 0 Å². The van der Waals surface area contributed by atoms with Gasteiger partial charge in [-0.05, 0) is 63.0 Å². The molecule has 0 saturated carbocycles. The zero-order valence-electron chi connectivity index (χ0n) is 19.6. The standard InChI is InChI=1S/C33H21N2/c1-18-24-8-4-3-6-21(24)17-26-27(18)32-31-23(14-15-34(32)2)16-22-13-12-20-11-10-19-7-5-9-25-28(19)29(20)30(22)33(31)35(25)26/h3-17H,1-2H3/q+1. The molecule has 0 unspecified atom stereocenters. The predicted molar refractivity (Wildman–Crippen MR) is 147 cm³/mol. The van der Waals surface area contributed by atoms with Crippen LogP contribution in [0.15, 0.2) is 91.1 Å². The average molecular weight is 446 g/mol. The summed E-state index contributed by atoms with van der Waals surface area (Å²) in [5.74, 6) is 0. The summed E-state index contributed by atoms with van der Waals surface area (Å²) in [5, 5.41) is 13.3. The third kappa shape index (κ3) is 1.94. The Kier molecular flexibility index (Phi) is 2.97. The van der Waals surface area contributed by atoms with Crippen LogP contribution in [-0.2, 0) is 7.05 Å². The van der Waals surface area contributed by atoms with Crippen LogP contribution in [0.4, 0.5) is 17.1 Å². The summed E-state index contributed by atoms with van der Waals surface area (Å²) >= 11 is 0. The fourth-order valence-electron chi connectivity index (χ4n) is 6.96. The summed E-state index contributed by atoms with van der Waals surface area (Å²) < 4.78 is 2.32. The molecule has 1 aromatic heterocycles. The highest BCUT2D eigenvalue weighted by Crippen LogP contribution is 2.59. The Labute approximate surface area is 202 Å². The first kappa shape index (κ1) is 18.0. The van der Waals surface area contributed by atoms with E-state index in [0.717, 1.165) is 0 Å². The smallest absolute Gasteiger partial charge is 0.224 e. The van der Waals surface area contributed by atoms with Gasteiger partial charge in [0.05, 0.1) is 28.0 Å². The van der Waals surface area contributed by atoms with E-state index in [-0.39, 0.29) is 0 Å². The molecule has 2 heteroatoms. The maximum Gasteiger partial charge on any atom is 0.224 e. The molecule has 35 heavy (non-hydrogen) atoms. The first-order valence-corrected chi connectivity index (χ1v) is 12.3. The number of aromatic nitrogens is 1. The van der Waals surface area contributed by atoms with Gasteiger partial charge in [-0.1, -0.05) is 60.7 Å². The molecule has 7 aromatic rings. The van der Waals surface area contributed by atoms with Crippen molar-refractivity contribution in [3.05, 3.63) is 96.7 Å². The Hall–Kier alpha value is -4.43. The van der Waals surface area contributed by atoms with Crippen LogP contribution in [-0.4, -0.2) is 0 Å². The molecule has 0 amide bonds. The van der Waals surface area contributed by atoms with Crippen molar-refractivity contribution in [3.63, 3.8) is 0 Å². The monoisotopic (exact) mass is 445 g/mol. The van der Waals surface area contributed by atoms with Crippen molar-refractivity contribution in [2.75, 3.05) is 4.90 Å². The van der Waals surface area contributed by atoms with Crippen LogP contribution >= 0.6 is 0 Å². The Morgan fingerprint density at radius 1 is 0.600 bits per heavy atom. The molecule has 0 atom stereocenters. The van der Waals surface area contributed by atoms with Crippen LogP contribution in [0.1, 0.15) is 5.56 Å². The van der Waals surface area contributed by atoms with Crippen molar-refractivity contribution in [1.29, 1.82) is 0 Å². The number of fused-ring (bicyclic) bond motifs is 5. The van der Waals surface area contributed by atoms with Crippen molar-refractivity contribution in [2.45, 2.75) is 6.92 Å². The van der Waals surface area contributed by atoms with Gasteiger partial charge in [0.1, 0.15) is 7.05 Å². The number of rotatable bonds is 0. The van der Waals surface area contributed by atoms with Crippen LogP contribution in [0.3, 0.4) is 0 Å². The van der Waals surface area contributed by atoms with Crippen molar-refractivity contribution in [2.24, 2.45) is 7.05 Å². The number of anilines is 3. The molecule has 162 valence electrons. The minimum Gasteiger partial charge on any atom is -0.307 e. The lowest BCUT2D eigenvalue weighted by molar-refractivity contribution is -0.659. The van der Waals surface area contributed by atoms with Gasteiger partial charge in [-0.2, -0.15) is 0 Å². The van der Waals surface area contributed by atoms with E-state index in [1.54, 1.807) is 0 Å². The van der Waals surface area contributed by atoms with Gasteiger partial charge in [0, 0.05) is 22.2 Å². The van der Waals surface area contributed by atoms with Gasteiger partial charge >= 0.3 is 0 Å². The Bertz CT molecular complexity index is 2130. The van der Waals surface area contributed by atoms with E-state index in [1.165, 1.54) is 87.7 Å². The quantitative estimate of drug-likeness (QED) is 0.129. The second-order valence-corrected chi connectivity index (χ2v) is 10.1. The van der Waals surface area contributed by atoms with Gasteiger partial charge in [0.15, 0.2) is 6.20 Å². The molecule has 3 heterocycles. The number of benzene rings is 6. The van der Waals surface area contributed by atoms with Gasteiger partial charge in [-0.3, -0.25) is 0 Å². The van der Waals surface area contributed by atoms with E-state index < -0.39 is 0 Å². The highest BCUT2D eigenvalue weighted by molar-refractivity contribution is 6.36. The number of nitrogens with zero attached hydrogens (tertiary/aromatic N) is 2. The molecule has 2 nitrogen and oxygen atoms in total. The summed E-state index contributed by atoms with van der Waals surface area (Å²) in [6.07, 6.45) is 2.22. The summed E-state index contributed by atoms with van der Waals surface area (Å²) in [5.41, 5.74) is 7.90. The molecular formula is C33H21N2+. The largest absolute Gasteiger partial charge is 0.307 e. The van der Waals surface area contributed by atoms with Gasteiger partial charge in [-0.25, -0.2) is 4.57 Å². The van der Waals surface area contributed by atoms with Crippen molar-refractivity contribution >= 4 is 70.9 Å². The fraction of sp³-hybridized carbons (Fsp3) is 0.0606. The molecule has 2 aliphatic rings. The molecule has 0 radical (unpaired) electrons. The molecule has 0 saturated heterocycles. The average Bonchev–Trinajstić information content (AvgIpc) is 2.89. The topological polar surface area (TPSA) is 7.12 Å². The molecule has 0 fully saturated rings. The molecular weight excluding hydrogens is 424 g/mol. The van der Waals surface area contributed by atoms with Crippen molar-refractivity contribution in [3.8, 4) is 11.3 Å². The Balaban J connectivity index is 1.66. The lowest BCUT2D eigenvalue weighted by atomic mass is 9.83. The van der Waals surface area contributed by atoms with E-state index in [9.17, 15) is 0 Å². The maximum atomic E-state index is 2.57. The first-order chi connectivity index (χ1) is 17.2. The van der Waals surface area contributed by atoms with E-state index in [4.69, 9.17) is 0 Å². The predicted octanol–water partition coefficient (Wildman–Crippen LogP) is 8.35. The lowest BCUT2D eigenvalue weighted by Crippen LogP contribution is -2.33. The van der Waals surface area contributed by atoms with Crippen LogP contribution < -0.4 is 9.47 Å². The minimum atomic E-state index is 1.28. The number of hydrogen-bond acceptors (Lipinski definition) is 1. The summed E-state index contributed by atoms with van der Waals surface area (Å²) in [6.45, 7) is 2.29. The molecule has 0 N–H and O–H groups in total. The molecule has 0 aliphatic carbocycles. The van der Waals surface area contributed by atoms with E-state index in [2.05, 4.69) is 115 Å². The third-order valence-electron chi connectivity index (χ3n) is 8.41. The maximum absolute atomic E-state index is 2.57. The van der Waals surface area contributed by atoms with Gasteiger partial charge in [0.25, 0.3) is 0 Å². The minimum absolute atomic E-state index is 1.28. The first-order valence-electron chi connectivity index (χ1n) is 12.3. The molecule has 0 spiro atoms. The van der Waals surface area contributed by atoms with Crippen molar-refractivity contribution < 1.29 is 4.57 Å². The SMILES string of the molecule is Cc1c2c(cc3ccccc13)N1c3cccc4ccc5ccc6cc7cc[n+](C)c-2c7c1c6c5c34. The van der Waals surface area contributed by atoms with E-state index in [1.807, 2.05) is 0 Å². The summed E-state index contributed by atoms with van der Waals surface area (Å²) in [6, 6.07) is 31.8. The normalized spacial score (nSPS) is 13.4. The Morgan fingerprint density at radius 3 is 2.23 bits per heavy atom. The highest BCUT2D eigenvalue weighted by atomic mass is 15.2. The number of aryl methyl sites for hydroxylation is 2. The van der Waals surface area contributed by atoms with E-state index in [0.29, 0.717) is 0 Å². The van der Waals surface area contributed by atoms with Crippen LogP contribution in [0, 0.1) is 6.92 Å². The zero-order valence-corrected chi connectivity index (χ0v) is 19.6. The second-order valence-electron chi connectivity index (χ2n) is 10.1. The number of pyridine rings is 1. The third-order valence-corrected chi connectivity index (χ3v) is 8.41. The fourth-order valence-corrected chi connectivity index (χ4v) is 6.96. The zero-order chi connectivity index (χ0) is 23.0. The van der Waals surface area contributed by atoms with Gasteiger partial charge in [0.2, 0.25) is 5.69 Å². The number of hydrogen-bond donors (Lipinski definition) is 0. The van der Waals surface area contributed by atoms with Crippen LogP contribution in [0.5, 0.6) is 0 Å². The molecule has 6 aromatic carbocycles. The van der Waals surface area contributed by atoms with Gasteiger partial charge < -0.3 is 4.90 Å². The molecule has 0 bridgehead atoms. The highest BCUT2D eigenvalue weighted by Gasteiger charge is 2.37.